The molecule has 1 aromatic rings. The Morgan fingerprint density at radius 1 is 1.67 bits per heavy atom. The Hall–Kier alpha value is -1.88. The Kier molecular flexibility index (Phi) is 1.13. The highest BCUT2D eigenvalue weighted by atomic mass is 15.3. The maximum Gasteiger partial charge on any atom is 0.333 e. The molecule has 0 aromatic carbocycles. The highest BCUT2D eigenvalue weighted by Gasteiger charge is 2.04. The molecule has 1 rings (SSSR count). The van der Waals surface area contributed by atoms with Crippen molar-refractivity contribution in [2.45, 2.75) is 0 Å². The summed E-state index contributed by atoms with van der Waals surface area (Å²) in [6.07, 6.45) is 0. The molecule has 0 bridgehead atoms. The van der Waals surface area contributed by atoms with Gasteiger partial charge in [-0.05, 0) is 5.10 Å². The van der Waals surface area contributed by atoms with Crippen LogP contribution in [0.4, 0.5) is 5.82 Å². The van der Waals surface area contributed by atoms with Gasteiger partial charge < -0.3 is 4.85 Å². The van der Waals surface area contributed by atoms with Gasteiger partial charge in [-0.1, -0.05) is 6.57 Å². The van der Waals surface area contributed by atoms with Crippen LogP contribution >= 0.6 is 0 Å². The van der Waals surface area contributed by atoms with Gasteiger partial charge in [0.1, 0.15) is 6.07 Å². The summed E-state index contributed by atoms with van der Waals surface area (Å²) in [6, 6.07) is 1.71. The minimum absolute atomic E-state index is 0.0255. The molecule has 1 N–H and O–H groups in total. The summed E-state index contributed by atoms with van der Waals surface area (Å²) in [6.45, 7) is 6.46. The van der Waals surface area contributed by atoms with Gasteiger partial charge in [-0.25, -0.2) is 0 Å². The van der Waals surface area contributed by atoms with Gasteiger partial charge in [0, 0.05) is 0 Å². The summed E-state index contributed by atoms with van der Waals surface area (Å²) in [4.78, 5) is 2.92. The van der Waals surface area contributed by atoms with Crippen LogP contribution in [0.5, 0.6) is 0 Å². The highest BCUT2D eigenvalue weighted by Crippen LogP contribution is 2.08. The average Bonchev–Trinajstić information content (AvgIpc) is 2.33. The van der Waals surface area contributed by atoms with Crippen LogP contribution in [0.25, 0.3) is 4.85 Å². The van der Waals surface area contributed by atoms with E-state index in [1.54, 1.807) is 6.07 Å². The van der Waals surface area contributed by atoms with Crippen molar-refractivity contribution >= 4 is 5.82 Å². The van der Waals surface area contributed by atoms with Crippen molar-refractivity contribution in [3.63, 3.8) is 0 Å². The Morgan fingerprint density at radius 2 is 2.44 bits per heavy atom. The first kappa shape index (κ1) is 5.26. The Bertz CT molecular complexity index is 256. The third kappa shape index (κ3) is 0.707. The molecule has 0 aliphatic rings. The minimum atomic E-state index is 0.0255. The fraction of sp³-hybridized carbons (Fsp3) is 0. The molecule has 0 aliphatic heterocycles. The quantitative estimate of drug-likeness (QED) is 0.497. The predicted octanol–water partition coefficient (Wildman–Crippen LogP) is 0.227. The zero-order valence-corrected chi connectivity index (χ0v) is 4.29. The van der Waals surface area contributed by atoms with Crippen LogP contribution in [-0.2, 0) is 0 Å². The summed E-state index contributed by atoms with van der Waals surface area (Å²) in [5.41, 5.74) is 0.0463. The second kappa shape index (κ2) is 1.93. The molecule has 1 aromatic heterocycles. The van der Waals surface area contributed by atoms with Gasteiger partial charge in [-0.15, -0.1) is 10.3 Å². The SMILES string of the molecule is [C-]#[N+]c1n[nH]nc1C#N. The van der Waals surface area contributed by atoms with E-state index >= 15 is 0 Å². The van der Waals surface area contributed by atoms with E-state index in [9.17, 15) is 0 Å². The number of aromatic nitrogens is 3. The molecular weight excluding hydrogens is 118 g/mol. The topological polar surface area (TPSA) is 69.7 Å². The van der Waals surface area contributed by atoms with Gasteiger partial charge in [0.2, 0.25) is 0 Å². The molecular formula is C4HN5. The molecule has 0 unspecified atom stereocenters. The van der Waals surface area contributed by atoms with Crippen molar-refractivity contribution < 1.29 is 0 Å². The van der Waals surface area contributed by atoms with E-state index in [0.717, 1.165) is 0 Å². The van der Waals surface area contributed by atoms with Gasteiger partial charge in [0.25, 0.3) is 0 Å². The van der Waals surface area contributed by atoms with E-state index in [4.69, 9.17) is 11.8 Å². The molecule has 0 aliphatic carbocycles. The molecule has 0 saturated carbocycles. The number of H-pyrrole nitrogens is 1. The average molecular weight is 119 g/mol. The summed E-state index contributed by atoms with van der Waals surface area (Å²) >= 11 is 0. The summed E-state index contributed by atoms with van der Waals surface area (Å²) in [7, 11) is 0. The van der Waals surface area contributed by atoms with Gasteiger partial charge in [-0.3, -0.25) is 0 Å². The van der Waals surface area contributed by atoms with E-state index in [1.165, 1.54) is 0 Å². The second-order valence-electron chi connectivity index (χ2n) is 1.22. The number of hydrogen-bond acceptors (Lipinski definition) is 3. The van der Waals surface area contributed by atoms with Crippen molar-refractivity contribution in [2.24, 2.45) is 0 Å². The third-order valence-electron chi connectivity index (χ3n) is 0.741. The first-order chi connectivity index (χ1) is 4.38. The molecule has 0 spiro atoms. The first-order valence-corrected chi connectivity index (χ1v) is 2.07. The lowest BCUT2D eigenvalue weighted by Crippen LogP contribution is -1.70. The van der Waals surface area contributed by atoms with Crippen molar-refractivity contribution in [3.05, 3.63) is 17.1 Å². The van der Waals surface area contributed by atoms with Crippen molar-refractivity contribution in [1.29, 1.82) is 5.26 Å². The highest BCUT2D eigenvalue weighted by molar-refractivity contribution is 5.46. The smallest absolute Gasteiger partial charge is 0.333 e. The summed E-state index contributed by atoms with van der Waals surface area (Å²) in [5.74, 6) is 0.0255. The van der Waals surface area contributed by atoms with E-state index < -0.39 is 0 Å². The third-order valence-corrected chi connectivity index (χ3v) is 0.741. The largest absolute Gasteiger partial charge is 0.357 e. The van der Waals surface area contributed by atoms with Gasteiger partial charge in [-0.2, -0.15) is 5.26 Å². The van der Waals surface area contributed by atoms with Crippen LogP contribution in [0.2, 0.25) is 0 Å². The maximum absolute atomic E-state index is 8.22. The maximum atomic E-state index is 8.22. The summed E-state index contributed by atoms with van der Waals surface area (Å²) in [5, 5.41) is 17.2. The van der Waals surface area contributed by atoms with Crippen LogP contribution in [0, 0.1) is 17.9 Å². The minimum Gasteiger partial charge on any atom is -0.357 e. The van der Waals surface area contributed by atoms with E-state index in [0.29, 0.717) is 0 Å². The molecule has 1 heterocycles. The molecule has 42 valence electrons. The lowest BCUT2D eigenvalue weighted by Gasteiger charge is -1.71. The van der Waals surface area contributed by atoms with Gasteiger partial charge >= 0.3 is 5.82 Å². The molecule has 5 heteroatoms. The molecule has 0 saturated heterocycles. The van der Waals surface area contributed by atoms with Crippen molar-refractivity contribution in [2.75, 3.05) is 0 Å². The first-order valence-electron chi connectivity index (χ1n) is 2.07. The predicted molar refractivity (Wildman–Crippen MR) is 27.4 cm³/mol. The lowest BCUT2D eigenvalue weighted by molar-refractivity contribution is 0.939. The number of aromatic amines is 1. The zero-order chi connectivity index (χ0) is 6.69. The van der Waals surface area contributed by atoms with Crippen LogP contribution < -0.4 is 0 Å². The second-order valence-corrected chi connectivity index (χ2v) is 1.22. The number of hydrogen-bond donors (Lipinski definition) is 1. The molecule has 0 fully saturated rings. The normalized spacial score (nSPS) is 7.78. The lowest BCUT2D eigenvalue weighted by atomic mass is 10.5. The van der Waals surface area contributed by atoms with Crippen LogP contribution in [0.15, 0.2) is 0 Å². The number of nitrogens with zero attached hydrogens (tertiary/aromatic N) is 4. The standard InChI is InChI=1S/C4HN5/c1-6-4-3(2-5)7-9-8-4/h(H,7,8,9). The fourth-order valence-electron chi connectivity index (χ4n) is 0.378. The monoisotopic (exact) mass is 119 g/mol. The fourth-order valence-corrected chi connectivity index (χ4v) is 0.378. The van der Waals surface area contributed by atoms with E-state index in [-0.39, 0.29) is 11.5 Å². The summed E-state index contributed by atoms with van der Waals surface area (Å²) < 4.78 is 0. The van der Waals surface area contributed by atoms with Crippen molar-refractivity contribution in [1.82, 2.24) is 15.4 Å². The van der Waals surface area contributed by atoms with Crippen molar-refractivity contribution in [3.8, 4) is 6.07 Å². The Balaban J connectivity index is 3.22. The van der Waals surface area contributed by atoms with Crippen LogP contribution in [0.3, 0.4) is 0 Å². The molecule has 9 heavy (non-hydrogen) atoms. The molecule has 0 radical (unpaired) electrons. The molecule has 0 amide bonds. The molecule has 5 nitrogen and oxygen atoms in total. The van der Waals surface area contributed by atoms with Crippen LogP contribution in [0.1, 0.15) is 5.69 Å². The van der Waals surface area contributed by atoms with Crippen LogP contribution in [-0.4, -0.2) is 15.4 Å². The number of nitriles is 1. The van der Waals surface area contributed by atoms with E-state index in [1.807, 2.05) is 0 Å². The van der Waals surface area contributed by atoms with Gasteiger partial charge in [0.05, 0.1) is 0 Å². The zero-order valence-electron chi connectivity index (χ0n) is 4.29. The number of rotatable bonds is 0. The van der Waals surface area contributed by atoms with E-state index in [2.05, 4.69) is 20.3 Å². The Morgan fingerprint density at radius 3 is 2.89 bits per heavy atom. The number of nitrogens with one attached hydrogen (secondary N) is 1. The van der Waals surface area contributed by atoms with Gasteiger partial charge in [0.15, 0.2) is 5.69 Å². The molecule has 0 atom stereocenters. The Labute approximate surface area is 50.7 Å².